The molecule has 0 atom stereocenters. The Hall–Kier alpha value is -2.10. The van der Waals surface area contributed by atoms with Crippen molar-refractivity contribution >= 4 is 18.0 Å². The van der Waals surface area contributed by atoms with Gasteiger partial charge in [0.2, 0.25) is 0 Å². The Morgan fingerprint density at radius 2 is 1.91 bits per heavy atom. The number of carbonyl (C=O) groups is 2. The van der Waals surface area contributed by atoms with Gasteiger partial charge in [0.25, 0.3) is 5.91 Å². The summed E-state index contributed by atoms with van der Waals surface area (Å²) in [6, 6.07) is 9.64. The maximum absolute atomic E-state index is 12.7. The Bertz CT molecular complexity index is 601. The molecule has 1 N–H and O–H groups in total. The van der Waals surface area contributed by atoms with Gasteiger partial charge in [-0.25, -0.2) is 4.79 Å². The molecule has 1 aliphatic carbocycles. The molecule has 2 aliphatic rings. The smallest absolute Gasteiger partial charge is 0.323 e. The molecule has 0 unspecified atom stereocenters. The number of nitrogens with zero attached hydrogens (tertiary/aromatic N) is 1. The third kappa shape index (κ3) is 3.16. The first-order valence-corrected chi connectivity index (χ1v) is 8.50. The van der Waals surface area contributed by atoms with Gasteiger partial charge in [-0.05, 0) is 37.2 Å². The van der Waals surface area contributed by atoms with Crippen molar-refractivity contribution in [3.63, 3.8) is 0 Å². The van der Waals surface area contributed by atoms with E-state index in [0.717, 1.165) is 37.7 Å². The second-order valence-corrected chi connectivity index (χ2v) is 6.59. The van der Waals surface area contributed by atoms with Crippen LogP contribution in [0.25, 0.3) is 6.08 Å². The van der Waals surface area contributed by atoms with Crippen LogP contribution < -0.4 is 5.32 Å². The molecule has 23 heavy (non-hydrogen) atoms. The molecule has 3 rings (SSSR count). The first-order valence-electron chi connectivity index (χ1n) is 8.50. The van der Waals surface area contributed by atoms with Gasteiger partial charge in [0.15, 0.2) is 0 Å². The summed E-state index contributed by atoms with van der Waals surface area (Å²) in [6.07, 6.45) is 8.57. The van der Waals surface area contributed by atoms with Crippen molar-refractivity contribution in [1.82, 2.24) is 10.2 Å². The van der Waals surface area contributed by atoms with E-state index in [1.54, 1.807) is 0 Å². The monoisotopic (exact) mass is 312 g/mol. The molecule has 1 saturated heterocycles. The van der Waals surface area contributed by atoms with E-state index in [2.05, 4.69) is 12.2 Å². The predicted octanol–water partition coefficient (Wildman–Crippen LogP) is 3.59. The van der Waals surface area contributed by atoms with Gasteiger partial charge in [0, 0.05) is 6.54 Å². The third-order valence-electron chi connectivity index (χ3n) is 5.18. The highest BCUT2D eigenvalue weighted by Gasteiger charge is 2.51. The van der Waals surface area contributed by atoms with Crippen LogP contribution in [0.15, 0.2) is 36.4 Å². The summed E-state index contributed by atoms with van der Waals surface area (Å²) in [5, 5.41) is 2.97. The van der Waals surface area contributed by atoms with Crippen LogP contribution in [0.2, 0.25) is 0 Å². The van der Waals surface area contributed by atoms with Gasteiger partial charge >= 0.3 is 6.03 Å². The zero-order valence-electron chi connectivity index (χ0n) is 13.6. The fourth-order valence-corrected chi connectivity index (χ4v) is 3.62. The lowest BCUT2D eigenvalue weighted by molar-refractivity contribution is -0.132. The van der Waals surface area contributed by atoms with Gasteiger partial charge in [0.05, 0.1) is 0 Å². The number of hydrogen-bond acceptors (Lipinski definition) is 2. The van der Waals surface area contributed by atoms with Crippen LogP contribution in [0.3, 0.4) is 0 Å². The molecule has 122 valence electrons. The normalized spacial score (nSPS) is 27.9. The SMILES string of the molecule is CCC1CCC2(CC1)NC(=O)N(C/C=C\c1ccccc1)C2=O. The van der Waals surface area contributed by atoms with Gasteiger partial charge < -0.3 is 5.32 Å². The van der Waals surface area contributed by atoms with Gasteiger partial charge in [0.1, 0.15) is 5.54 Å². The van der Waals surface area contributed by atoms with Crippen LogP contribution >= 0.6 is 0 Å². The van der Waals surface area contributed by atoms with Crippen LogP contribution in [-0.2, 0) is 4.79 Å². The summed E-state index contributed by atoms with van der Waals surface area (Å²) in [6.45, 7) is 2.52. The minimum absolute atomic E-state index is 0.0465. The molecule has 1 aliphatic heterocycles. The molecule has 0 bridgehead atoms. The Balaban J connectivity index is 1.64. The highest BCUT2D eigenvalue weighted by atomic mass is 16.2. The van der Waals surface area contributed by atoms with Gasteiger partial charge in [-0.1, -0.05) is 55.8 Å². The fourth-order valence-electron chi connectivity index (χ4n) is 3.62. The van der Waals surface area contributed by atoms with Crippen LogP contribution in [0.4, 0.5) is 4.79 Å². The molecule has 1 spiro atoms. The Kier molecular flexibility index (Phi) is 4.51. The number of carbonyl (C=O) groups excluding carboxylic acids is 2. The average molecular weight is 312 g/mol. The van der Waals surface area contributed by atoms with E-state index in [9.17, 15) is 9.59 Å². The lowest BCUT2D eigenvalue weighted by atomic mass is 9.75. The molecule has 1 aromatic carbocycles. The van der Waals surface area contributed by atoms with Crippen molar-refractivity contribution in [2.45, 2.75) is 44.6 Å². The van der Waals surface area contributed by atoms with Crippen molar-refractivity contribution in [1.29, 1.82) is 0 Å². The van der Waals surface area contributed by atoms with Crippen molar-refractivity contribution < 1.29 is 9.59 Å². The van der Waals surface area contributed by atoms with Gasteiger partial charge in [-0.2, -0.15) is 0 Å². The predicted molar refractivity (Wildman–Crippen MR) is 90.7 cm³/mol. The summed E-state index contributed by atoms with van der Waals surface area (Å²) in [5.74, 6) is 0.645. The third-order valence-corrected chi connectivity index (χ3v) is 5.18. The minimum Gasteiger partial charge on any atom is -0.323 e. The van der Waals surface area contributed by atoms with Crippen LogP contribution in [0.1, 0.15) is 44.6 Å². The Morgan fingerprint density at radius 3 is 2.57 bits per heavy atom. The zero-order chi connectivity index (χ0) is 16.3. The lowest BCUT2D eigenvalue weighted by Gasteiger charge is -2.34. The highest BCUT2D eigenvalue weighted by Crippen LogP contribution is 2.37. The van der Waals surface area contributed by atoms with Crippen molar-refractivity contribution in [2.75, 3.05) is 6.54 Å². The number of hydrogen-bond donors (Lipinski definition) is 1. The molecule has 1 heterocycles. The summed E-state index contributed by atoms with van der Waals surface area (Å²) < 4.78 is 0. The standard InChI is InChI=1S/C19H24N2O2/c1-2-15-10-12-19(13-11-15)17(22)21(18(23)20-19)14-6-9-16-7-4-3-5-8-16/h3-9,15H,2,10-14H2,1H3,(H,20,23)/b9-6-. The van der Waals surface area contributed by atoms with E-state index in [-0.39, 0.29) is 11.9 Å². The Morgan fingerprint density at radius 1 is 1.22 bits per heavy atom. The first-order chi connectivity index (χ1) is 11.1. The number of amides is 3. The largest absolute Gasteiger partial charge is 0.325 e. The van der Waals surface area contributed by atoms with Crippen LogP contribution in [0, 0.1) is 5.92 Å². The second-order valence-electron chi connectivity index (χ2n) is 6.59. The van der Waals surface area contributed by atoms with Crippen molar-refractivity contribution in [3.8, 4) is 0 Å². The number of urea groups is 1. The maximum Gasteiger partial charge on any atom is 0.325 e. The summed E-state index contributed by atoms with van der Waals surface area (Å²) in [7, 11) is 0. The molecule has 0 radical (unpaired) electrons. The topological polar surface area (TPSA) is 49.4 Å². The number of imide groups is 1. The highest BCUT2D eigenvalue weighted by molar-refractivity contribution is 6.07. The summed E-state index contributed by atoms with van der Waals surface area (Å²) in [5.41, 5.74) is 0.432. The van der Waals surface area contributed by atoms with Crippen molar-refractivity contribution in [3.05, 3.63) is 42.0 Å². The van der Waals surface area contributed by atoms with E-state index in [0.29, 0.717) is 12.5 Å². The van der Waals surface area contributed by atoms with Gasteiger partial charge in [-0.3, -0.25) is 9.69 Å². The van der Waals surface area contributed by atoms with Crippen molar-refractivity contribution in [2.24, 2.45) is 5.92 Å². The zero-order valence-corrected chi connectivity index (χ0v) is 13.6. The van der Waals surface area contributed by atoms with Crippen LogP contribution in [0.5, 0.6) is 0 Å². The fraction of sp³-hybridized carbons (Fsp3) is 0.474. The molecule has 4 heteroatoms. The van der Waals surface area contributed by atoms with Crippen LogP contribution in [-0.4, -0.2) is 28.9 Å². The molecule has 0 aromatic heterocycles. The minimum atomic E-state index is -0.636. The van der Waals surface area contributed by atoms with E-state index in [4.69, 9.17) is 0 Å². The summed E-state index contributed by atoms with van der Waals surface area (Å²) >= 11 is 0. The molecular formula is C19H24N2O2. The van der Waals surface area contributed by atoms with E-state index < -0.39 is 5.54 Å². The lowest BCUT2D eigenvalue weighted by Crippen LogP contribution is -2.49. The molecule has 1 aromatic rings. The first kappa shape index (κ1) is 15.8. The maximum atomic E-state index is 12.7. The van der Waals surface area contributed by atoms with E-state index in [1.807, 2.05) is 42.5 Å². The molecule has 3 amide bonds. The summed E-state index contributed by atoms with van der Waals surface area (Å²) in [4.78, 5) is 26.3. The molecular weight excluding hydrogens is 288 g/mol. The number of nitrogens with one attached hydrogen (secondary N) is 1. The quantitative estimate of drug-likeness (QED) is 0.864. The van der Waals surface area contributed by atoms with E-state index in [1.165, 1.54) is 4.90 Å². The molecule has 1 saturated carbocycles. The second kappa shape index (κ2) is 6.57. The number of rotatable bonds is 4. The van der Waals surface area contributed by atoms with E-state index >= 15 is 0 Å². The average Bonchev–Trinajstić information content (AvgIpc) is 2.81. The van der Waals surface area contributed by atoms with Gasteiger partial charge in [-0.15, -0.1) is 0 Å². The molecule has 4 nitrogen and oxygen atoms in total. The number of benzene rings is 1. The Labute approximate surface area is 137 Å². The molecule has 2 fully saturated rings.